The third kappa shape index (κ3) is 4.18. The van der Waals surface area contributed by atoms with Crippen molar-refractivity contribution in [2.24, 2.45) is 34.0 Å². The fraction of sp³-hybridized carbons (Fsp3) is 0.677. The van der Waals surface area contributed by atoms with Gasteiger partial charge in [-0.05, 0) is 105 Å². The van der Waals surface area contributed by atoms with Crippen LogP contribution >= 0.6 is 0 Å². The van der Waals surface area contributed by atoms with Crippen molar-refractivity contribution in [2.45, 2.75) is 99.8 Å². The molecule has 0 saturated heterocycles. The molecule has 6 atom stereocenters. The number of fused-ring (bicyclic) bond motifs is 4. The van der Waals surface area contributed by atoms with Crippen molar-refractivity contribution in [3.05, 3.63) is 46.3 Å². The number of allylic oxidation sites excluding steroid dienone is 7. The van der Waals surface area contributed by atoms with Crippen molar-refractivity contribution in [1.82, 2.24) is 0 Å². The third-order valence-corrected chi connectivity index (χ3v) is 10.3. The molecule has 0 aromatic rings. The molecule has 2 saturated carbocycles. The fourth-order valence-corrected chi connectivity index (χ4v) is 7.99. The smallest absolute Gasteiger partial charge is 0.220 e. The Morgan fingerprint density at radius 1 is 1.06 bits per heavy atom. The average Bonchev–Trinajstić information content (AvgIpc) is 2.76. The Morgan fingerprint density at radius 3 is 2.44 bits per heavy atom. The molecule has 186 valence electrons. The van der Waals surface area contributed by atoms with Crippen LogP contribution in [0.5, 0.6) is 0 Å². The Morgan fingerprint density at radius 2 is 1.76 bits per heavy atom. The van der Waals surface area contributed by atoms with E-state index in [2.05, 4.69) is 46.8 Å². The van der Waals surface area contributed by atoms with Crippen molar-refractivity contribution < 1.29 is 14.7 Å². The van der Waals surface area contributed by atoms with E-state index in [0.29, 0.717) is 40.9 Å². The molecular weight excluding hydrogens is 420 g/mol. The van der Waals surface area contributed by atoms with Crippen LogP contribution in [-0.2, 0) is 9.59 Å². The van der Waals surface area contributed by atoms with Crippen LogP contribution in [0.4, 0.5) is 0 Å². The van der Waals surface area contributed by atoms with Crippen LogP contribution in [0.1, 0.15) is 99.8 Å². The Labute approximate surface area is 206 Å². The first-order chi connectivity index (χ1) is 15.8. The predicted molar refractivity (Wildman–Crippen MR) is 138 cm³/mol. The normalized spacial score (nSPS) is 40.9. The van der Waals surface area contributed by atoms with Gasteiger partial charge < -0.3 is 9.90 Å². The van der Waals surface area contributed by atoms with Gasteiger partial charge in [0.25, 0.3) is 0 Å². The Kier molecular flexibility index (Phi) is 6.41. The van der Waals surface area contributed by atoms with Crippen LogP contribution < -0.4 is 0 Å². The van der Waals surface area contributed by atoms with Crippen LogP contribution in [0.3, 0.4) is 0 Å². The van der Waals surface area contributed by atoms with E-state index in [9.17, 15) is 14.7 Å². The highest BCUT2D eigenvalue weighted by atomic mass is 16.3. The van der Waals surface area contributed by atoms with E-state index in [1.807, 2.05) is 6.92 Å². The lowest BCUT2D eigenvalue weighted by molar-refractivity contribution is -0.121. The van der Waals surface area contributed by atoms with E-state index in [1.54, 1.807) is 13.0 Å². The molecule has 0 aliphatic heterocycles. The van der Waals surface area contributed by atoms with Crippen molar-refractivity contribution in [1.29, 1.82) is 0 Å². The first-order valence-corrected chi connectivity index (χ1v) is 13.4. The van der Waals surface area contributed by atoms with Crippen molar-refractivity contribution in [2.75, 3.05) is 0 Å². The number of aliphatic hydroxyl groups excluding tert-OH is 1. The second-order valence-corrected chi connectivity index (χ2v) is 13.0. The summed E-state index contributed by atoms with van der Waals surface area (Å²) < 4.78 is 0. The molecule has 0 bridgehead atoms. The van der Waals surface area contributed by atoms with Gasteiger partial charge in [-0.2, -0.15) is 0 Å². The number of carbonyl (C=O) groups is 2. The van der Waals surface area contributed by atoms with Gasteiger partial charge >= 0.3 is 0 Å². The summed E-state index contributed by atoms with van der Waals surface area (Å²) in [7, 11) is 0. The summed E-state index contributed by atoms with van der Waals surface area (Å²) >= 11 is 0. The third-order valence-electron chi connectivity index (χ3n) is 10.3. The zero-order valence-corrected chi connectivity index (χ0v) is 22.4. The van der Waals surface area contributed by atoms with Gasteiger partial charge in [0.1, 0.15) is 5.78 Å². The topological polar surface area (TPSA) is 54.4 Å². The minimum Gasteiger partial charge on any atom is -0.504 e. The second-order valence-electron chi connectivity index (χ2n) is 13.0. The van der Waals surface area contributed by atoms with E-state index in [0.717, 1.165) is 43.3 Å². The number of ketones is 2. The molecule has 4 rings (SSSR count). The molecule has 0 unspecified atom stereocenters. The van der Waals surface area contributed by atoms with Crippen LogP contribution in [0.25, 0.3) is 0 Å². The molecular formula is C31H44O3. The van der Waals surface area contributed by atoms with Gasteiger partial charge in [-0.1, -0.05) is 52.3 Å². The lowest BCUT2D eigenvalue weighted by Crippen LogP contribution is -2.44. The number of hydrogen-bond donors (Lipinski definition) is 1. The van der Waals surface area contributed by atoms with Crippen LogP contribution in [0, 0.1) is 34.0 Å². The summed E-state index contributed by atoms with van der Waals surface area (Å²) in [5.41, 5.74) is 4.51. The van der Waals surface area contributed by atoms with Crippen LogP contribution in [-0.4, -0.2) is 16.7 Å². The van der Waals surface area contributed by atoms with Gasteiger partial charge in [0.15, 0.2) is 5.76 Å². The number of hydrogen-bond acceptors (Lipinski definition) is 3. The van der Waals surface area contributed by atoms with E-state index < -0.39 is 0 Å². The predicted octanol–water partition coefficient (Wildman–Crippen LogP) is 7.84. The molecule has 0 spiro atoms. The molecule has 2 fully saturated rings. The van der Waals surface area contributed by atoms with E-state index >= 15 is 0 Å². The summed E-state index contributed by atoms with van der Waals surface area (Å²) in [5.74, 6) is 1.55. The molecule has 0 radical (unpaired) electrons. The highest BCUT2D eigenvalue weighted by Gasteiger charge is 2.49. The second kappa shape index (κ2) is 8.64. The molecule has 0 aromatic heterocycles. The summed E-state index contributed by atoms with van der Waals surface area (Å²) in [6, 6.07) is 0. The molecule has 0 heterocycles. The van der Waals surface area contributed by atoms with Crippen molar-refractivity contribution >= 4 is 11.6 Å². The van der Waals surface area contributed by atoms with E-state index in [4.69, 9.17) is 0 Å². The summed E-state index contributed by atoms with van der Waals surface area (Å²) in [6.07, 6.45) is 14.8. The lowest BCUT2D eigenvalue weighted by Gasteiger charge is -2.53. The highest BCUT2D eigenvalue weighted by molar-refractivity contribution is 6.06. The molecule has 3 heteroatoms. The maximum atomic E-state index is 12.6. The van der Waals surface area contributed by atoms with Crippen molar-refractivity contribution in [3.8, 4) is 0 Å². The first kappa shape index (κ1) is 25.2. The van der Waals surface area contributed by atoms with Crippen molar-refractivity contribution in [3.63, 3.8) is 0 Å². The monoisotopic (exact) mass is 464 g/mol. The quantitative estimate of drug-likeness (QED) is 0.453. The molecule has 4 aliphatic rings. The van der Waals surface area contributed by atoms with Gasteiger partial charge in [0.2, 0.25) is 5.78 Å². The number of carbonyl (C=O) groups excluding carboxylic acids is 2. The lowest BCUT2D eigenvalue weighted by atomic mass is 9.51. The van der Waals surface area contributed by atoms with Gasteiger partial charge in [0, 0.05) is 17.4 Å². The van der Waals surface area contributed by atoms with Gasteiger partial charge in [-0.25, -0.2) is 0 Å². The van der Waals surface area contributed by atoms with E-state index in [1.165, 1.54) is 18.4 Å². The Balaban J connectivity index is 1.70. The van der Waals surface area contributed by atoms with Gasteiger partial charge in [0.05, 0.1) is 0 Å². The van der Waals surface area contributed by atoms with E-state index in [-0.39, 0.29) is 22.4 Å². The first-order valence-electron chi connectivity index (χ1n) is 13.4. The minimum atomic E-state index is -0.259. The summed E-state index contributed by atoms with van der Waals surface area (Å²) in [6.45, 7) is 15.6. The Bertz CT molecular complexity index is 1020. The summed E-state index contributed by atoms with van der Waals surface area (Å²) in [5, 5.41) is 10.3. The van der Waals surface area contributed by atoms with Crippen LogP contribution in [0.2, 0.25) is 0 Å². The van der Waals surface area contributed by atoms with Gasteiger partial charge in [-0.15, -0.1) is 0 Å². The number of rotatable bonds is 2. The van der Waals surface area contributed by atoms with Crippen LogP contribution in [0.15, 0.2) is 46.3 Å². The molecule has 1 N–H and O–H groups in total. The molecule has 34 heavy (non-hydrogen) atoms. The minimum absolute atomic E-state index is 0.112. The number of aliphatic hydroxyl groups is 1. The SMILES string of the molecule is CC(=O)C[C@]1(C)CC[C@]2(C)CC[C@H](C)C3=CC=C4C(=CC(=O)C(O)=C4C)[C@]3(C)CC[C@@H](C)[C@@H]2C1. The fourth-order valence-electron chi connectivity index (χ4n) is 7.99. The Hall–Kier alpha value is -1.90. The maximum Gasteiger partial charge on any atom is 0.220 e. The zero-order chi connectivity index (χ0) is 25.1. The molecule has 3 nitrogen and oxygen atoms in total. The standard InChI is InChI=1S/C31H44O3/c1-19-10-12-30(6)15-14-29(5,17-21(3)32)18-26(30)20(2)11-13-31(7)24(19)9-8-23-22(4)28(34)27(33)16-25(23)31/h8-9,16,19-20,26,34H,10-15,17-18H2,1-7H3/t19-,20+,26-,29-,30-,31+/m0/s1. The molecule has 4 aliphatic carbocycles. The zero-order valence-electron chi connectivity index (χ0n) is 22.4. The maximum absolute atomic E-state index is 12.6. The van der Waals surface area contributed by atoms with Gasteiger partial charge in [-0.3, -0.25) is 4.79 Å². The molecule has 0 aromatic carbocycles. The number of Topliss-reactive ketones (excluding diaryl/α,β-unsaturated/α-hetero) is 1. The highest BCUT2D eigenvalue weighted by Crippen LogP contribution is 2.59. The summed E-state index contributed by atoms with van der Waals surface area (Å²) in [4.78, 5) is 24.7. The largest absolute Gasteiger partial charge is 0.504 e. The average molecular weight is 465 g/mol. The molecule has 0 amide bonds.